The van der Waals surface area contributed by atoms with Crippen molar-refractivity contribution >= 4 is 16.7 Å². The highest BCUT2D eigenvalue weighted by Gasteiger charge is 2.23. The van der Waals surface area contributed by atoms with E-state index in [1.165, 1.54) is 12.8 Å². The van der Waals surface area contributed by atoms with Crippen LogP contribution in [0.5, 0.6) is 5.75 Å². The van der Waals surface area contributed by atoms with Crippen LogP contribution in [0.2, 0.25) is 0 Å². The first-order valence-electron chi connectivity index (χ1n) is 6.62. The Kier molecular flexibility index (Phi) is 3.03. The second kappa shape index (κ2) is 4.70. The molecule has 0 amide bonds. The van der Waals surface area contributed by atoms with Crippen molar-refractivity contribution in [3.63, 3.8) is 0 Å². The SMILES string of the molecule is COc1ccc2[nH]c(C)c(C(=O)CNC3CC3)c2c1. The van der Waals surface area contributed by atoms with E-state index in [4.69, 9.17) is 4.74 Å². The Bertz CT molecular complexity index is 626. The van der Waals surface area contributed by atoms with Crippen LogP contribution < -0.4 is 10.1 Å². The molecule has 2 N–H and O–H groups in total. The van der Waals surface area contributed by atoms with Gasteiger partial charge in [0.1, 0.15) is 5.75 Å². The summed E-state index contributed by atoms with van der Waals surface area (Å²) in [6, 6.07) is 6.31. The first-order valence-corrected chi connectivity index (χ1v) is 6.62. The van der Waals surface area contributed by atoms with E-state index in [1.807, 2.05) is 25.1 Å². The van der Waals surface area contributed by atoms with Crippen LogP contribution in [0.1, 0.15) is 28.9 Å². The standard InChI is InChI=1S/C15H18N2O2/c1-9-15(14(18)8-16-10-3-4-10)12-7-11(19-2)5-6-13(12)17-9/h5-7,10,16-17H,3-4,8H2,1-2H3. The van der Waals surface area contributed by atoms with Crippen molar-refractivity contribution < 1.29 is 9.53 Å². The maximum absolute atomic E-state index is 12.3. The number of benzene rings is 1. The molecular formula is C15H18N2O2. The van der Waals surface area contributed by atoms with Crippen LogP contribution >= 0.6 is 0 Å². The van der Waals surface area contributed by atoms with Crippen molar-refractivity contribution in [1.29, 1.82) is 0 Å². The molecule has 2 aromatic rings. The minimum atomic E-state index is 0.143. The summed E-state index contributed by atoms with van der Waals surface area (Å²) in [6.07, 6.45) is 2.38. The maximum atomic E-state index is 12.3. The van der Waals surface area contributed by atoms with E-state index in [1.54, 1.807) is 7.11 Å². The molecule has 0 unspecified atom stereocenters. The normalized spacial score (nSPS) is 14.8. The van der Waals surface area contributed by atoms with Gasteiger partial charge in [-0.2, -0.15) is 0 Å². The summed E-state index contributed by atoms with van der Waals surface area (Å²) in [5.74, 6) is 0.916. The number of aryl methyl sites for hydroxylation is 1. The first kappa shape index (κ1) is 12.2. The van der Waals surface area contributed by atoms with Gasteiger partial charge in [0.25, 0.3) is 0 Å². The lowest BCUT2D eigenvalue weighted by Gasteiger charge is -2.04. The zero-order valence-electron chi connectivity index (χ0n) is 11.2. The number of ether oxygens (including phenoxy) is 1. The van der Waals surface area contributed by atoms with Gasteiger partial charge in [-0.25, -0.2) is 0 Å². The highest BCUT2D eigenvalue weighted by Crippen LogP contribution is 2.27. The van der Waals surface area contributed by atoms with Gasteiger partial charge in [0, 0.05) is 28.2 Å². The number of Topliss-reactive ketones (excluding diaryl/α,β-unsaturated/α-hetero) is 1. The number of hydrogen-bond donors (Lipinski definition) is 2. The lowest BCUT2D eigenvalue weighted by atomic mass is 10.1. The van der Waals surface area contributed by atoms with Crippen molar-refractivity contribution in [2.24, 2.45) is 0 Å². The van der Waals surface area contributed by atoms with Crippen LogP contribution in [0.4, 0.5) is 0 Å². The van der Waals surface area contributed by atoms with Gasteiger partial charge in [0.2, 0.25) is 0 Å². The van der Waals surface area contributed by atoms with Gasteiger partial charge in [0.05, 0.1) is 13.7 Å². The number of aromatic amines is 1. The third-order valence-electron chi connectivity index (χ3n) is 3.60. The number of carbonyl (C=O) groups is 1. The molecule has 1 fully saturated rings. The maximum Gasteiger partial charge on any atom is 0.179 e. The topological polar surface area (TPSA) is 54.1 Å². The molecule has 1 aromatic heterocycles. The molecule has 1 aromatic carbocycles. The zero-order chi connectivity index (χ0) is 13.4. The molecular weight excluding hydrogens is 240 g/mol. The number of ketones is 1. The van der Waals surface area contributed by atoms with Crippen molar-refractivity contribution in [3.05, 3.63) is 29.5 Å². The van der Waals surface area contributed by atoms with Crippen LogP contribution in [0, 0.1) is 6.92 Å². The summed E-state index contributed by atoms with van der Waals surface area (Å²) in [4.78, 5) is 15.6. The quantitative estimate of drug-likeness (QED) is 0.810. The molecule has 3 rings (SSSR count). The Balaban J connectivity index is 1.95. The van der Waals surface area contributed by atoms with Crippen LogP contribution in [0.15, 0.2) is 18.2 Å². The van der Waals surface area contributed by atoms with Gasteiger partial charge in [0.15, 0.2) is 5.78 Å². The van der Waals surface area contributed by atoms with E-state index in [9.17, 15) is 4.79 Å². The third kappa shape index (κ3) is 2.36. The van der Waals surface area contributed by atoms with Crippen molar-refractivity contribution in [2.75, 3.05) is 13.7 Å². The molecule has 0 bridgehead atoms. The van der Waals surface area contributed by atoms with E-state index >= 15 is 0 Å². The number of methoxy groups -OCH3 is 1. The minimum absolute atomic E-state index is 0.143. The molecule has 1 saturated carbocycles. The van der Waals surface area contributed by atoms with Crippen LogP contribution in [0.3, 0.4) is 0 Å². The smallest absolute Gasteiger partial charge is 0.179 e. The lowest BCUT2D eigenvalue weighted by molar-refractivity contribution is 0.0991. The number of nitrogens with one attached hydrogen (secondary N) is 2. The van der Waals surface area contributed by atoms with Crippen LogP contribution in [0.25, 0.3) is 10.9 Å². The number of fused-ring (bicyclic) bond motifs is 1. The predicted molar refractivity (Wildman–Crippen MR) is 74.9 cm³/mol. The van der Waals surface area contributed by atoms with Gasteiger partial charge < -0.3 is 15.0 Å². The molecule has 1 heterocycles. The molecule has 19 heavy (non-hydrogen) atoms. The van der Waals surface area contributed by atoms with Crippen molar-refractivity contribution in [3.8, 4) is 5.75 Å². The highest BCUT2D eigenvalue weighted by molar-refractivity contribution is 6.10. The first-order chi connectivity index (χ1) is 9.19. The molecule has 4 heteroatoms. The zero-order valence-corrected chi connectivity index (χ0v) is 11.2. The van der Waals surface area contributed by atoms with E-state index < -0.39 is 0 Å². The number of H-pyrrole nitrogens is 1. The molecule has 0 radical (unpaired) electrons. The number of rotatable bonds is 5. The van der Waals surface area contributed by atoms with Crippen LogP contribution in [-0.4, -0.2) is 30.5 Å². The second-order valence-electron chi connectivity index (χ2n) is 5.11. The van der Waals surface area contributed by atoms with E-state index in [2.05, 4.69) is 10.3 Å². The van der Waals surface area contributed by atoms with Gasteiger partial charge in [-0.05, 0) is 38.0 Å². The second-order valence-corrected chi connectivity index (χ2v) is 5.11. The summed E-state index contributed by atoms with van der Waals surface area (Å²) < 4.78 is 5.23. The number of aromatic nitrogens is 1. The summed E-state index contributed by atoms with van der Waals surface area (Å²) in [5.41, 5.74) is 2.68. The third-order valence-corrected chi connectivity index (χ3v) is 3.60. The summed E-state index contributed by atoms with van der Waals surface area (Å²) in [6.45, 7) is 2.35. The summed E-state index contributed by atoms with van der Waals surface area (Å²) in [5, 5.41) is 4.21. The average molecular weight is 258 g/mol. The fraction of sp³-hybridized carbons (Fsp3) is 0.400. The molecule has 0 atom stereocenters. The molecule has 4 nitrogen and oxygen atoms in total. The monoisotopic (exact) mass is 258 g/mol. The van der Waals surface area contributed by atoms with E-state index in [0.717, 1.165) is 27.9 Å². The average Bonchev–Trinajstić information content (AvgIpc) is 3.17. The van der Waals surface area contributed by atoms with Crippen molar-refractivity contribution in [2.45, 2.75) is 25.8 Å². The molecule has 100 valence electrons. The van der Waals surface area contributed by atoms with E-state index in [-0.39, 0.29) is 5.78 Å². The minimum Gasteiger partial charge on any atom is -0.497 e. The van der Waals surface area contributed by atoms with Crippen LogP contribution in [-0.2, 0) is 0 Å². The Morgan fingerprint density at radius 2 is 2.26 bits per heavy atom. The molecule has 0 aliphatic heterocycles. The number of hydrogen-bond acceptors (Lipinski definition) is 3. The summed E-state index contributed by atoms with van der Waals surface area (Å²) >= 11 is 0. The molecule has 0 saturated heterocycles. The lowest BCUT2D eigenvalue weighted by Crippen LogP contribution is -2.25. The Labute approximate surface area is 112 Å². The van der Waals surface area contributed by atoms with Gasteiger partial charge in [-0.15, -0.1) is 0 Å². The predicted octanol–water partition coefficient (Wildman–Crippen LogP) is 2.42. The van der Waals surface area contributed by atoms with Crippen molar-refractivity contribution in [1.82, 2.24) is 10.3 Å². The summed E-state index contributed by atoms with van der Waals surface area (Å²) in [7, 11) is 1.64. The number of carbonyl (C=O) groups excluding carboxylic acids is 1. The largest absolute Gasteiger partial charge is 0.497 e. The Morgan fingerprint density at radius 3 is 2.95 bits per heavy atom. The molecule has 0 spiro atoms. The van der Waals surface area contributed by atoms with Gasteiger partial charge >= 0.3 is 0 Å². The molecule has 1 aliphatic rings. The highest BCUT2D eigenvalue weighted by atomic mass is 16.5. The Morgan fingerprint density at radius 1 is 1.47 bits per heavy atom. The Hall–Kier alpha value is -1.81. The van der Waals surface area contributed by atoms with E-state index in [0.29, 0.717) is 12.6 Å². The molecule has 1 aliphatic carbocycles. The van der Waals surface area contributed by atoms with Gasteiger partial charge in [-0.1, -0.05) is 0 Å². The van der Waals surface area contributed by atoms with Gasteiger partial charge in [-0.3, -0.25) is 4.79 Å². The fourth-order valence-electron chi connectivity index (χ4n) is 2.40. The fourth-order valence-corrected chi connectivity index (χ4v) is 2.40.